The zero-order valence-corrected chi connectivity index (χ0v) is 16.4. The van der Waals surface area contributed by atoms with E-state index in [1.807, 2.05) is 0 Å². The van der Waals surface area contributed by atoms with Gasteiger partial charge in [-0.1, -0.05) is 0 Å². The summed E-state index contributed by atoms with van der Waals surface area (Å²) in [5, 5.41) is 13.5. The Morgan fingerprint density at radius 3 is 2.48 bits per heavy atom. The van der Waals surface area contributed by atoms with Gasteiger partial charge in [-0.25, -0.2) is 9.97 Å². The third-order valence-electron chi connectivity index (χ3n) is 4.81. The molecule has 31 heavy (non-hydrogen) atoms. The van der Waals surface area contributed by atoms with Gasteiger partial charge >= 0.3 is 6.36 Å². The van der Waals surface area contributed by atoms with E-state index in [4.69, 9.17) is 5.73 Å². The number of nitrogens with two attached hydrogens (primary N) is 1. The molecule has 0 unspecified atom stereocenters. The summed E-state index contributed by atoms with van der Waals surface area (Å²) in [5.74, 6) is -1.06. The fourth-order valence-electron chi connectivity index (χ4n) is 3.30. The van der Waals surface area contributed by atoms with E-state index in [2.05, 4.69) is 20.0 Å². The molecule has 1 saturated heterocycles. The first-order chi connectivity index (χ1) is 14.5. The van der Waals surface area contributed by atoms with Crippen LogP contribution in [0.3, 0.4) is 0 Å². The molecule has 0 saturated carbocycles. The van der Waals surface area contributed by atoms with Crippen LogP contribution < -0.4 is 15.8 Å². The highest BCUT2D eigenvalue weighted by molar-refractivity contribution is 5.99. The quantitative estimate of drug-likeness (QED) is 0.622. The van der Waals surface area contributed by atoms with Crippen LogP contribution in [0.5, 0.6) is 5.75 Å². The summed E-state index contributed by atoms with van der Waals surface area (Å²) in [6.45, 7) is 1.65. The first kappa shape index (κ1) is 22.3. The lowest BCUT2D eigenvalue weighted by Crippen LogP contribution is -2.45. The van der Waals surface area contributed by atoms with Gasteiger partial charge < -0.3 is 25.8 Å². The number of piperidine rings is 1. The lowest BCUT2D eigenvalue weighted by Gasteiger charge is -2.38. The summed E-state index contributed by atoms with van der Waals surface area (Å²) < 4.78 is 40.8. The second kappa shape index (κ2) is 8.38. The number of nitrogen functional groups attached to an aromatic ring is 1. The number of amides is 2. The van der Waals surface area contributed by atoms with Crippen molar-refractivity contribution in [1.82, 2.24) is 14.9 Å². The van der Waals surface area contributed by atoms with E-state index < -0.39 is 23.6 Å². The summed E-state index contributed by atoms with van der Waals surface area (Å²) in [6.07, 6.45) is -3.33. The molecule has 2 heterocycles. The average Bonchev–Trinajstić information content (AvgIpc) is 2.67. The fourth-order valence-corrected chi connectivity index (χ4v) is 3.30. The molecule has 0 atom stereocenters. The number of hydrogen-bond acceptors (Lipinski definition) is 7. The number of alkyl halides is 3. The van der Waals surface area contributed by atoms with Crippen molar-refractivity contribution in [3.05, 3.63) is 41.9 Å². The number of halogens is 3. The van der Waals surface area contributed by atoms with E-state index in [1.165, 1.54) is 30.3 Å². The molecule has 2 amide bonds. The smallest absolute Gasteiger partial charge is 0.406 e. The van der Waals surface area contributed by atoms with Crippen LogP contribution in [0, 0.1) is 0 Å². The molecule has 2 aromatic rings. The Morgan fingerprint density at radius 2 is 1.90 bits per heavy atom. The number of benzene rings is 1. The molecule has 0 bridgehead atoms. The first-order valence-corrected chi connectivity index (χ1v) is 9.24. The lowest BCUT2D eigenvalue weighted by molar-refractivity contribution is -0.274. The summed E-state index contributed by atoms with van der Waals surface area (Å²) in [4.78, 5) is 33.4. The number of hydrogen-bond donors (Lipinski definition) is 3. The van der Waals surface area contributed by atoms with Crippen molar-refractivity contribution in [3.8, 4) is 5.75 Å². The summed E-state index contributed by atoms with van der Waals surface area (Å²) in [6, 6.07) is 4.59. The highest BCUT2D eigenvalue weighted by Crippen LogP contribution is 2.33. The van der Waals surface area contributed by atoms with Gasteiger partial charge in [0.2, 0.25) is 5.91 Å². The number of ether oxygens (including phenoxy) is 1. The lowest BCUT2D eigenvalue weighted by atomic mass is 9.87. The molecule has 0 aliphatic carbocycles. The predicted octanol–water partition coefficient (Wildman–Crippen LogP) is 2.04. The van der Waals surface area contributed by atoms with Crippen molar-refractivity contribution >= 4 is 23.3 Å². The van der Waals surface area contributed by atoms with Crippen molar-refractivity contribution in [1.29, 1.82) is 0 Å². The maximum atomic E-state index is 12.8. The maximum Gasteiger partial charge on any atom is 0.573 e. The Labute approximate surface area is 175 Å². The zero-order valence-electron chi connectivity index (χ0n) is 16.4. The summed E-state index contributed by atoms with van der Waals surface area (Å²) >= 11 is 0. The largest absolute Gasteiger partial charge is 0.573 e. The van der Waals surface area contributed by atoms with Gasteiger partial charge in [0.1, 0.15) is 23.5 Å². The molecule has 1 aliphatic rings. The second-order valence-corrected chi connectivity index (χ2v) is 7.09. The predicted molar refractivity (Wildman–Crippen MR) is 103 cm³/mol. The van der Waals surface area contributed by atoms with Crippen molar-refractivity contribution in [2.75, 3.05) is 24.1 Å². The minimum atomic E-state index is -4.86. The number of aliphatic hydroxyl groups is 1. The van der Waals surface area contributed by atoms with E-state index in [9.17, 15) is 27.9 Å². The molecule has 166 valence electrons. The maximum absolute atomic E-state index is 12.8. The van der Waals surface area contributed by atoms with E-state index in [0.717, 1.165) is 12.1 Å². The third kappa shape index (κ3) is 5.40. The molecule has 4 N–H and O–H groups in total. The van der Waals surface area contributed by atoms with Crippen molar-refractivity contribution in [2.24, 2.45) is 0 Å². The van der Waals surface area contributed by atoms with E-state index in [1.54, 1.807) is 0 Å². The number of likely N-dealkylation sites (tertiary alicyclic amines) is 1. The highest BCUT2D eigenvalue weighted by atomic mass is 19.4. The van der Waals surface area contributed by atoms with Crippen LogP contribution in [0.1, 0.15) is 35.8 Å². The van der Waals surface area contributed by atoms with E-state index >= 15 is 0 Å². The van der Waals surface area contributed by atoms with Gasteiger partial charge in [0.15, 0.2) is 0 Å². The highest BCUT2D eigenvalue weighted by Gasteiger charge is 2.37. The van der Waals surface area contributed by atoms with Gasteiger partial charge in [-0.05, 0) is 25.0 Å². The van der Waals surface area contributed by atoms with Crippen molar-refractivity contribution in [3.63, 3.8) is 0 Å². The molecule has 0 radical (unpaired) electrons. The Kier molecular flexibility index (Phi) is 6.02. The van der Waals surface area contributed by atoms with E-state index in [-0.39, 0.29) is 48.9 Å². The topological polar surface area (TPSA) is 131 Å². The van der Waals surface area contributed by atoms with Crippen LogP contribution in [0.2, 0.25) is 0 Å². The molecule has 1 aliphatic heterocycles. The molecule has 1 aromatic heterocycles. The summed E-state index contributed by atoms with van der Waals surface area (Å²) in [7, 11) is 0. The summed E-state index contributed by atoms with van der Waals surface area (Å²) in [5.41, 5.74) is 4.62. The van der Waals surface area contributed by atoms with Gasteiger partial charge in [0.25, 0.3) is 5.91 Å². The minimum Gasteiger partial charge on any atom is -0.406 e. The number of carbonyl (C=O) groups excluding carboxylic acids is 2. The molecule has 1 aromatic carbocycles. The van der Waals surface area contributed by atoms with Crippen LogP contribution in [0.15, 0.2) is 30.6 Å². The Hall–Kier alpha value is -3.41. The number of anilines is 2. The third-order valence-corrected chi connectivity index (χ3v) is 4.81. The number of carbonyl (C=O) groups is 2. The fraction of sp³-hybridized carbons (Fsp3) is 0.368. The van der Waals surface area contributed by atoms with Gasteiger partial charge in [0.05, 0.1) is 11.3 Å². The van der Waals surface area contributed by atoms with Crippen LogP contribution in [0.4, 0.5) is 24.7 Å². The second-order valence-electron chi connectivity index (χ2n) is 7.09. The number of nitrogens with one attached hydrogen (secondary N) is 1. The van der Waals surface area contributed by atoms with Crippen LogP contribution in [-0.2, 0) is 10.4 Å². The molecule has 1 fully saturated rings. The van der Waals surface area contributed by atoms with Gasteiger partial charge in [0, 0.05) is 37.8 Å². The number of rotatable bonds is 4. The first-order valence-electron chi connectivity index (χ1n) is 9.24. The van der Waals surface area contributed by atoms with Gasteiger partial charge in [-0.3, -0.25) is 9.59 Å². The van der Waals surface area contributed by atoms with Crippen molar-refractivity contribution < 1.29 is 32.6 Å². The number of nitrogens with zero attached hydrogens (tertiary/aromatic N) is 3. The van der Waals surface area contributed by atoms with Gasteiger partial charge in [-0.15, -0.1) is 13.2 Å². The Morgan fingerprint density at radius 1 is 1.23 bits per heavy atom. The molecular weight excluding hydrogens is 419 g/mol. The molecule has 0 spiro atoms. The normalized spacial score (nSPS) is 16.0. The Bertz CT molecular complexity index is 991. The average molecular weight is 439 g/mol. The molecular formula is C19H20F3N5O4. The molecule has 12 heteroatoms. The van der Waals surface area contributed by atoms with Crippen LogP contribution >= 0.6 is 0 Å². The standard InChI is InChI=1S/C19H20F3N5O4/c1-11(28)26-16-9-15(24-10-25-16)18(30)4-6-27(7-5-18)17(29)13-3-2-12(8-14(13)23)31-19(20,21)22/h2-3,8-10,30H,4-7,23H2,1H3,(H,24,25,26,28). The SMILES string of the molecule is CC(=O)Nc1cc(C2(O)CCN(C(=O)c3ccc(OC(F)(F)F)cc3N)CC2)ncn1. The minimum absolute atomic E-state index is 0.0370. The van der Waals surface area contributed by atoms with Gasteiger partial charge in [-0.2, -0.15) is 0 Å². The molecule has 9 nitrogen and oxygen atoms in total. The zero-order chi connectivity index (χ0) is 22.8. The van der Waals surface area contributed by atoms with Crippen molar-refractivity contribution in [2.45, 2.75) is 31.7 Å². The monoisotopic (exact) mass is 439 g/mol. The van der Waals surface area contributed by atoms with E-state index in [0.29, 0.717) is 5.69 Å². The molecule has 3 rings (SSSR count). The Balaban J connectivity index is 1.69. The van der Waals surface area contributed by atoms with Crippen LogP contribution in [-0.4, -0.2) is 51.2 Å². The number of aromatic nitrogens is 2. The van der Waals surface area contributed by atoms with Crippen LogP contribution in [0.25, 0.3) is 0 Å².